The van der Waals surface area contributed by atoms with Gasteiger partial charge in [0.05, 0.1) is 20.5 Å². The van der Waals surface area contributed by atoms with E-state index in [1.54, 1.807) is 44.6 Å². The molecule has 0 fully saturated rings. The third-order valence-corrected chi connectivity index (χ3v) is 5.67. The number of nitrogens with one attached hydrogen (secondary N) is 1. The minimum absolute atomic E-state index is 0.356. The fraction of sp³-hybridized carbons (Fsp3) is 0.350. The monoisotopic (exact) mass is 406 g/mol. The molecule has 1 amide bonds. The van der Waals surface area contributed by atoms with Crippen LogP contribution in [0, 0.1) is 0 Å². The molecule has 0 aliphatic heterocycles. The Morgan fingerprint density at radius 2 is 1.71 bits per heavy atom. The smallest absolute Gasteiger partial charge is 0.243 e. The van der Waals surface area contributed by atoms with Crippen molar-refractivity contribution in [1.82, 2.24) is 9.62 Å². The molecule has 2 rings (SSSR count). The summed E-state index contributed by atoms with van der Waals surface area (Å²) < 4.78 is 35.6. The van der Waals surface area contributed by atoms with E-state index in [1.165, 1.54) is 7.05 Å². The summed E-state index contributed by atoms with van der Waals surface area (Å²) in [7, 11) is 0.990. The molecular weight excluding hydrogens is 380 g/mol. The Morgan fingerprint density at radius 3 is 2.29 bits per heavy atom. The molecule has 0 aliphatic rings. The van der Waals surface area contributed by atoms with Gasteiger partial charge in [-0.3, -0.25) is 4.79 Å². The zero-order chi connectivity index (χ0) is 20.7. The van der Waals surface area contributed by atoms with E-state index in [0.717, 1.165) is 16.1 Å². The van der Waals surface area contributed by atoms with Crippen LogP contribution >= 0.6 is 0 Å². The molecular formula is C20H26N2O5S. The maximum atomic E-state index is 12.8. The Morgan fingerprint density at radius 1 is 1.07 bits per heavy atom. The fourth-order valence-corrected chi connectivity index (χ4v) is 3.42. The number of carbonyl (C=O) groups excluding carboxylic acids is 1. The molecule has 152 valence electrons. The molecule has 0 radical (unpaired) electrons. The predicted octanol–water partition coefficient (Wildman–Crippen LogP) is 2.00. The van der Waals surface area contributed by atoms with Crippen LogP contribution in [0.5, 0.6) is 11.5 Å². The minimum atomic E-state index is -3.55. The van der Waals surface area contributed by atoms with Gasteiger partial charge in [-0.1, -0.05) is 36.4 Å². The van der Waals surface area contributed by atoms with Gasteiger partial charge in [-0.2, -0.15) is 4.31 Å². The molecule has 1 unspecified atom stereocenters. The first-order chi connectivity index (χ1) is 13.3. The lowest BCUT2D eigenvalue weighted by atomic mass is 10.1. The lowest BCUT2D eigenvalue weighted by Crippen LogP contribution is -2.41. The van der Waals surface area contributed by atoms with Crippen molar-refractivity contribution in [2.45, 2.75) is 12.5 Å². The van der Waals surface area contributed by atoms with Crippen molar-refractivity contribution in [3.8, 4) is 11.5 Å². The topological polar surface area (TPSA) is 84.9 Å². The van der Waals surface area contributed by atoms with E-state index < -0.39 is 16.1 Å². The molecule has 2 aromatic carbocycles. The van der Waals surface area contributed by atoms with Crippen molar-refractivity contribution < 1.29 is 22.7 Å². The second kappa shape index (κ2) is 9.57. The van der Waals surface area contributed by atoms with Gasteiger partial charge in [0, 0.05) is 13.6 Å². The molecule has 8 heteroatoms. The van der Waals surface area contributed by atoms with Crippen LogP contribution in [0.25, 0.3) is 0 Å². The number of carbonyl (C=O) groups is 1. The molecule has 0 bridgehead atoms. The van der Waals surface area contributed by atoms with E-state index in [-0.39, 0.29) is 5.91 Å². The van der Waals surface area contributed by atoms with Crippen molar-refractivity contribution in [1.29, 1.82) is 0 Å². The average molecular weight is 407 g/mol. The summed E-state index contributed by atoms with van der Waals surface area (Å²) in [5, 5.41) is 2.83. The molecule has 7 nitrogen and oxygen atoms in total. The number of amides is 1. The SMILES string of the molecule is COc1ccc(CCNC(=O)C(c2ccccc2)N(C)S(C)(=O)=O)cc1OC. The van der Waals surface area contributed by atoms with E-state index in [2.05, 4.69) is 5.32 Å². The summed E-state index contributed by atoms with van der Waals surface area (Å²) in [5.74, 6) is 0.874. The van der Waals surface area contributed by atoms with Gasteiger partial charge < -0.3 is 14.8 Å². The molecule has 0 aromatic heterocycles. The summed E-state index contributed by atoms with van der Waals surface area (Å²) in [5.41, 5.74) is 1.57. The molecule has 0 saturated carbocycles. The first kappa shape index (κ1) is 21.7. The van der Waals surface area contributed by atoms with E-state index in [1.807, 2.05) is 18.2 Å². The summed E-state index contributed by atoms with van der Waals surface area (Å²) in [6, 6.07) is 13.5. The summed E-state index contributed by atoms with van der Waals surface area (Å²) in [6.07, 6.45) is 1.65. The van der Waals surface area contributed by atoms with Gasteiger partial charge in [0.2, 0.25) is 15.9 Å². The van der Waals surface area contributed by atoms with Gasteiger partial charge in [-0.15, -0.1) is 0 Å². The zero-order valence-corrected chi connectivity index (χ0v) is 17.3. The Hall–Kier alpha value is -2.58. The molecule has 0 heterocycles. The Kier molecular flexibility index (Phi) is 7.42. The van der Waals surface area contributed by atoms with E-state index >= 15 is 0 Å². The molecule has 2 aromatic rings. The number of nitrogens with zero attached hydrogens (tertiary/aromatic N) is 1. The van der Waals surface area contributed by atoms with Gasteiger partial charge in [-0.25, -0.2) is 8.42 Å². The molecule has 1 N–H and O–H groups in total. The third-order valence-electron chi connectivity index (χ3n) is 4.41. The van der Waals surface area contributed by atoms with Crippen LogP contribution in [0.4, 0.5) is 0 Å². The molecule has 0 aliphatic carbocycles. The van der Waals surface area contributed by atoms with Gasteiger partial charge in [0.25, 0.3) is 0 Å². The molecule has 0 saturated heterocycles. The van der Waals surface area contributed by atoms with Crippen molar-refractivity contribution in [3.05, 3.63) is 59.7 Å². The summed E-state index contributed by atoms with van der Waals surface area (Å²) in [4.78, 5) is 12.8. The number of sulfonamides is 1. The van der Waals surface area contributed by atoms with Crippen LogP contribution < -0.4 is 14.8 Å². The van der Waals surface area contributed by atoms with E-state index in [4.69, 9.17) is 9.47 Å². The predicted molar refractivity (Wildman–Crippen MR) is 108 cm³/mol. The Labute approximate surface area is 166 Å². The highest BCUT2D eigenvalue weighted by molar-refractivity contribution is 7.88. The summed E-state index contributed by atoms with van der Waals surface area (Å²) >= 11 is 0. The highest BCUT2D eigenvalue weighted by atomic mass is 32.2. The molecule has 1 atom stereocenters. The van der Waals surface area contributed by atoms with Gasteiger partial charge in [0.15, 0.2) is 11.5 Å². The highest BCUT2D eigenvalue weighted by Crippen LogP contribution is 2.27. The average Bonchev–Trinajstić information content (AvgIpc) is 2.68. The second-order valence-electron chi connectivity index (χ2n) is 6.32. The van der Waals surface area contributed by atoms with Gasteiger partial charge >= 0.3 is 0 Å². The first-order valence-corrected chi connectivity index (χ1v) is 10.6. The highest BCUT2D eigenvalue weighted by Gasteiger charge is 2.30. The largest absolute Gasteiger partial charge is 0.493 e. The minimum Gasteiger partial charge on any atom is -0.493 e. The standard InChI is InChI=1S/C20H26N2O5S/c1-22(28(4,24)25)19(16-8-6-5-7-9-16)20(23)21-13-12-15-10-11-17(26-2)18(14-15)27-3/h5-11,14,19H,12-13H2,1-4H3,(H,21,23). The van der Waals surface area contributed by atoms with E-state index in [9.17, 15) is 13.2 Å². The number of hydrogen-bond acceptors (Lipinski definition) is 5. The quantitative estimate of drug-likeness (QED) is 0.688. The number of hydrogen-bond donors (Lipinski definition) is 1. The lowest BCUT2D eigenvalue weighted by Gasteiger charge is -2.25. The first-order valence-electron chi connectivity index (χ1n) is 8.74. The van der Waals surface area contributed by atoms with Crippen LogP contribution in [0.1, 0.15) is 17.2 Å². The van der Waals surface area contributed by atoms with Crippen LogP contribution in [0.3, 0.4) is 0 Å². The van der Waals surface area contributed by atoms with Crippen LogP contribution in [0.15, 0.2) is 48.5 Å². The number of likely N-dealkylation sites (N-methyl/N-ethyl adjacent to an activating group) is 1. The maximum absolute atomic E-state index is 12.8. The van der Waals surface area contributed by atoms with Crippen LogP contribution in [-0.2, 0) is 21.2 Å². The fourth-order valence-electron chi connectivity index (χ4n) is 2.82. The van der Waals surface area contributed by atoms with Gasteiger partial charge in [-0.05, 0) is 29.7 Å². The van der Waals surface area contributed by atoms with Gasteiger partial charge in [0.1, 0.15) is 6.04 Å². The Bertz CT molecular complexity index is 900. The van der Waals surface area contributed by atoms with Crippen molar-refractivity contribution in [2.24, 2.45) is 0 Å². The van der Waals surface area contributed by atoms with Crippen LogP contribution in [0.2, 0.25) is 0 Å². The summed E-state index contributed by atoms with van der Waals surface area (Å²) in [6.45, 7) is 0.356. The second-order valence-corrected chi connectivity index (χ2v) is 8.36. The van der Waals surface area contributed by atoms with Crippen molar-refractivity contribution in [2.75, 3.05) is 34.1 Å². The van der Waals surface area contributed by atoms with Crippen molar-refractivity contribution in [3.63, 3.8) is 0 Å². The zero-order valence-electron chi connectivity index (χ0n) is 16.5. The normalized spacial score (nSPS) is 12.5. The maximum Gasteiger partial charge on any atom is 0.243 e. The number of ether oxygens (including phenoxy) is 2. The lowest BCUT2D eigenvalue weighted by molar-refractivity contribution is -0.124. The molecule has 28 heavy (non-hydrogen) atoms. The van der Waals surface area contributed by atoms with E-state index in [0.29, 0.717) is 30.0 Å². The van der Waals surface area contributed by atoms with Crippen molar-refractivity contribution >= 4 is 15.9 Å². The number of benzene rings is 2. The number of rotatable bonds is 9. The third kappa shape index (κ3) is 5.46. The molecule has 0 spiro atoms. The number of methoxy groups -OCH3 is 2. The Balaban J connectivity index is 2.10. The van der Waals surface area contributed by atoms with Crippen LogP contribution in [-0.4, -0.2) is 52.7 Å².